The van der Waals surface area contributed by atoms with E-state index in [1.807, 2.05) is 6.92 Å². The standard InChI is InChI=1S/C14H21NO5/c1-3-19-8-9(2)20-14(18)11(15)6-10-4-5-12(16)13(17)7-10/h4-5,7,9,11,16-17H,3,6,8,15H2,1-2H3/t9?,11-/m0/s1. The summed E-state index contributed by atoms with van der Waals surface area (Å²) in [5, 5.41) is 18.6. The summed E-state index contributed by atoms with van der Waals surface area (Å²) in [6.45, 7) is 4.47. The fraction of sp³-hybridized carbons (Fsp3) is 0.500. The highest BCUT2D eigenvalue weighted by atomic mass is 16.6. The molecule has 0 aliphatic carbocycles. The predicted octanol–water partition coefficient (Wildman–Crippen LogP) is 0.936. The molecule has 20 heavy (non-hydrogen) atoms. The van der Waals surface area contributed by atoms with E-state index in [9.17, 15) is 15.0 Å². The lowest BCUT2D eigenvalue weighted by molar-refractivity contribution is -0.152. The normalized spacial score (nSPS) is 13.8. The van der Waals surface area contributed by atoms with Crippen molar-refractivity contribution in [2.75, 3.05) is 13.2 Å². The lowest BCUT2D eigenvalue weighted by Crippen LogP contribution is -2.37. The molecule has 0 aliphatic rings. The Kier molecular flexibility index (Phi) is 6.27. The number of phenolic OH excluding ortho intramolecular Hbond substituents is 2. The van der Waals surface area contributed by atoms with Crippen LogP contribution in [0.25, 0.3) is 0 Å². The van der Waals surface area contributed by atoms with Crippen LogP contribution in [0.2, 0.25) is 0 Å². The average Bonchev–Trinajstić information content (AvgIpc) is 2.40. The summed E-state index contributed by atoms with van der Waals surface area (Å²) in [7, 11) is 0. The number of ether oxygens (including phenoxy) is 2. The molecule has 1 rings (SSSR count). The van der Waals surface area contributed by atoms with E-state index >= 15 is 0 Å². The zero-order chi connectivity index (χ0) is 15.1. The van der Waals surface area contributed by atoms with Crippen LogP contribution in [0.4, 0.5) is 0 Å². The maximum absolute atomic E-state index is 11.8. The Morgan fingerprint density at radius 1 is 1.35 bits per heavy atom. The van der Waals surface area contributed by atoms with Gasteiger partial charge in [0.25, 0.3) is 0 Å². The average molecular weight is 283 g/mol. The second kappa shape index (κ2) is 7.72. The predicted molar refractivity (Wildman–Crippen MR) is 73.5 cm³/mol. The molecule has 0 aliphatic heterocycles. The molecule has 0 bridgehead atoms. The number of aromatic hydroxyl groups is 2. The molecule has 112 valence electrons. The van der Waals surface area contributed by atoms with E-state index < -0.39 is 12.0 Å². The number of carbonyl (C=O) groups excluding carboxylic acids is 1. The highest BCUT2D eigenvalue weighted by molar-refractivity contribution is 5.76. The van der Waals surface area contributed by atoms with Crippen LogP contribution in [-0.2, 0) is 20.7 Å². The Morgan fingerprint density at radius 2 is 2.05 bits per heavy atom. The van der Waals surface area contributed by atoms with Crippen LogP contribution in [0.3, 0.4) is 0 Å². The molecule has 0 saturated heterocycles. The van der Waals surface area contributed by atoms with Gasteiger partial charge in [0.1, 0.15) is 12.1 Å². The number of phenols is 2. The van der Waals surface area contributed by atoms with Gasteiger partial charge in [-0.3, -0.25) is 4.79 Å². The summed E-state index contributed by atoms with van der Waals surface area (Å²) in [6.07, 6.45) is -0.143. The van der Waals surface area contributed by atoms with E-state index in [2.05, 4.69) is 0 Å². The number of esters is 1. The summed E-state index contributed by atoms with van der Waals surface area (Å²) in [4.78, 5) is 11.8. The van der Waals surface area contributed by atoms with E-state index in [0.717, 1.165) is 0 Å². The third kappa shape index (κ3) is 5.07. The van der Waals surface area contributed by atoms with Gasteiger partial charge in [0.05, 0.1) is 6.61 Å². The first-order valence-electron chi connectivity index (χ1n) is 6.48. The summed E-state index contributed by atoms with van der Waals surface area (Å²) in [5.41, 5.74) is 6.40. The lowest BCUT2D eigenvalue weighted by atomic mass is 10.1. The van der Waals surface area contributed by atoms with Gasteiger partial charge in [0.2, 0.25) is 0 Å². The molecule has 1 aromatic rings. The number of hydrogen-bond acceptors (Lipinski definition) is 6. The van der Waals surface area contributed by atoms with Crippen LogP contribution in [-0.4, -0.2) is 41.5 Å². The molecule has 0 heterocycles. The van der Waals surface area contributed by atoms with Gasteiger partial charge in [0, 0.05) is 6.61 Å². The first-order chi connectivity index (χ1) is 9.43. The second-order valence-corrected chi connectivity index (χ2v) is 4.54. The lowest BCUT2D eigenvalue weighted by Gasteiger charge is -2.16. The molecule has 0 fully saturated rings. The first kappa shape index (κ1) is 16.3. The minimum absolute atomic E-state index is 0.213. The summed E-state index contributed by atoms with van der Waals surface area (Å²) < 4.78 is 10.3. The van der Waals surface area contributed by atoms with Gasteiger partial charge >= 0.3 is 5.97 Å². The molecular weight excluding hydrogens is 262 g/mol. The number of carbonyl (C=O) groups is 1. The third-order valence-corrected chi connectivity index (χ3v) is 2.67. The van der Waals surface area contributed by atoms with Gasteiger partial charge < -0.3 is 25.4 Å². The molecule has 0 radical (unpaired) electrons. The van der Waals surface area contributed by atoms with Crippen LogP contribution in [0.5, 0.6) is 11.5 Å². The topological polar surface area (TPSA) is 102 Å². The fourth-order valence-electron chi connectivity index (χ4n) is 1.64. The first-order valence-corrected chi connectivity index (χ1v) is 6.48. The van der Waals surface area contributed by atoms with Crippen LogP contribution in [0.1, 0.15) is 19.4 Å². The van der Waals surface area contributed by atoms with Crippen molar-refractivity contribution < 1.29 is 24.5 Å². The van der Waals surface area contributed by atoms with Crippen molar-refractivity contribution in [1.29, 1.82) is 0 Å². The van der Waals surface area contributed by atoms with E-state index in [-0.39, 0.29) is 24.0 Å². The van der Waals surface area contributed by atoms with Gasteiger partial charge in [-0.25, -0.2) is 0 Å². The largest absolute Gasteiger partial charge is 0.504 e. The van der Waals surface area contributed by atoms with Crippen LogP contribution in [0.15, 0.2) is 18.2 Å². The highest BCUT2D eigenvalue weighted by Gasteiger charge is 2.19. The molecule has 0 saturated carbocycles. The SMILES string of the molecule is CCOCC(C)OC(=O)[C@@H](N)Cc1ccc(O)c(O)c1. The van der Waals surface area contributed by atoms with Crippen molar-refractivity contribution in [3.63, 3.8) is 0 Å². The van der Waals surface area contributed by atoms with Crippen molar-refractivity contribution in [3.05, 3.63) is 23.8 Å². The minimum atomic E-state index is -0.831. The quantitative estimate of drug-likeness (QED) is 0.508. The Labute approximate surface area is 118 Å². The molecule has 1 unspecified atom stereocenters. The molecule has 6 nitrogen and oxygen atoms in total. The molecule has 0 amide bonds. The van der Waals surface area contributed by atoms with Crippen LogP contribution < -0.4 is 5.73 Å². The van der Waals surface area contributed by atoms with Gasteiger partial charge in [-0.05, 0) is 38.0 Å². The van der Waals surface area contributed by atoms with E-state index in [4.69, 9.17) is 15.2 Å². The number of benzene rings is 1. The molecule has 0 aromatic heterocycles. The molecule has 6 heteroatoms. The van der Waals surface area contributed by atoms with Crippen molar-refractivity contribution in [3.8, 4) is 11.5 Å². The van der Waals surface area contributed by atoms with Crippen molar-refractivity contribution in [2.24, 2.45) is 5.73 Å². The Morgan fingerprint density at radius 3 is 2.65 bits per heavy atom. The van der Waals surface area contributed by atoms with E-state index in [0.29, 0.717) is 18.8 Å². The fourth-order valence-corrected chi connectivity index (χ4v) is 1.64. The molecule has 2 atom stereocenters. The third-order valence-electron chi connectivity index (χ3n) is 2.67. The maximum atomic E-state index is 11.8. The zero-order valence-corrected chi connectivity index (χ0v) is 11.7. The van der Waals surface area contributed by atoms with Gasteiger partial charge in [0.15, 0.2) is 11.5 Å². The number of nitrogens with two attached hydrogens (primary N) is 1. The van der Waals surface area contributed by atoms with Crippen molar-refractivity contribution in [1.82, 2.24) is 0 Å². The molecular formula is C14H21NO5. The highest BCUT2D eigenvalue weighted by Crippen LogP contribution is 2.25. The van der Waals surface area contributed by atoms with Crippen molar-refractivity contribution in [2.45, 2.75) is 32.4 Å². The summed E-state index contributed by atoms with van der Waals surface area (Å²) in [6, 6.07) is 3.47. The Bertz CT molecular complexity index is 449. The van der Waals surface area contributed by atoms with Gasteiger partial charge in [-0.2, -0.15) is 0 Å². The Hall–Kier alpha value is -1.79. The zero-order valence-electron chi connectivity index (χ0n) is 11.7. The van der Waals surface area contributed by atoms with E-state index in [1.54, 1.807) is 13.0 Å². The Balaban J connectivity index is 2.50. The van der Waals surface area contributed by atoms with Crippen LogP contribution >= 0.6 is 0 Å². The molecule has 4 N–H and O–H groups in total. The number of hydrogen-bond donors (Lipinski definition) is 3. The van der Waals surface area contributed by atoms with E-state index in [1.165, 1.54) is 12.1 Å². The number of rotatable bonds is 7. The van der Waals surface area contributed by atoms with Gasteiger partial charge in [-0.1, -0.05) is 6.07 Å². The summed E-state index contributed by atoms with van der Waals surface area (Å²) in [5.74, 6) is -0.979. The monoisotopic (exact) mass is 283 g/mol. The molecule has 1 aromatic carbocycles. The van der Waals surface area contributed by atoms with Gasteiger partial charge in [-0.15, -0.1) is 0 Å². The maximum Gasteiger partial charge on any atom is 0.323 e. The minimum Gasteiger partial charge on any atom is -0.504 e. The molecule has 0 spiro atoms. The van der Waals surface area contributed by atoms with Crippen LogP contribution in [0, 0.1) is 0 Å². The van der Waals surface area contributed by atoms with Crippen molar-refractivity contribution >= 4 is 5.97 Å². The second-order valence-electron chi connectivity index (χ2n) is 4.54. The smallest absolute Gasteiger partial charge is 0.323 e. The summed E-state index contributed by atoms with van der Waals surface area (Å²) >= 11 is 0.